The SMILES string of the molecule is CC/C=C\C/C=C\C/C=C\C/C=C\C/C=C\C/C=C\CCC(=O)OCC(COC(=O)CCCCCC/C=C\C/C=C\C/C=C\CC)OC(=O)CCCCCCCCCCCC/C=C\C=C/CCCCC. The standard InChI is InChI=1S/C64H102O6/c1-4-7-10-13-16-19-22-25-28-30-32-34-36-39-42-45-48-51-54-57-63(66)69-60-61(59-68-62(65)56-53-50-47-44-41-38-27-24-21-18-15-12-9-6-3)70-64(67)58-55-52-49-46-43-40-37-35-33-31-29-26-23-20-17-14-11-8-5-2/h7,9-10,12,16-21,23,25-28,32,34,38-39,42,48,51,61H,4-6,8,11,13-15,22,24,29-31,33,35-37,40-41,43-47,49-50,52-60H2,1-3H3/b10-7-,12-9-,19-16-,20-17-,21-18-,26-23-,28-25-,34-32-,38-27-,42-39-,51-48-. The van der Waals surface area contributed by atoms with Gasteiger partial charge in [-0.15, -0.1) is 0 Å². The van der Waals surface area contributed by atoms with Crippen LogP contribution >= 0.6 is 0 Å². The van der Waals surface area contributed by atoms with Gasteiger partial charge in [-0.25, -0.2) is 0 Å². The highest BCUT2D eigenvalue weighted by Crippen LogP contribution is 2.14. The van der Waals surface area contributed by atoms with E-state index >= 15 is 0 Å². The Balaban J connectivity index is 4.54. The molecule has 0 N–H and O–H groups in total. The molecule has 6 nitrogen and oxygen atoms in total. The van der Waals surface area contributed by atoms with Crippen molar-refractivity contribution in [3.8, 4) is 0 Å². The number of allylic oxidation sites excluding steroid dienone is 22. The highest BCUT2D eigenvalue weighted by Gasteiger charge is 2.19. The molecule has 0 aliphatic rings. The summed E-state index contributed by atoms with van der Waals surface area (Å²) < 4.78 is 16.8. The molecule has 0 amide bonds. The van der Waals surface area contributed by atoms with E-state index in [2.05, 4.69) is 142 Å². The van der Waals surface area contributed by atoms with E-state index in [0.29, 0.717) is 19.3 Å². The van der Waals surface area contributed by atoms with Crippen LogP contribution in [0.2, 0.25) is 0 Å². The predicted octanol–water partition coefficient (Wildman–Crippen LogP) is 19.0. The molecule has 0 bridgehead atoms. The Kier molecular flexibility index (Phi) is 53.5. The van der Waals surface area contributed by atoms with Crippen molar-refractivity contribution in [1.82, 2.24) is 0 Å². The Morgan fingerprint density at radius 3 is 1.04 bits per heavy atom. The van der Waals surface area contributed by atoms with Gasteiger partial charge in [-0.3, -0.25) is 14.4 Å². The van der Waals surface area contributed by atoms with Crippen molar-refractivity contribution < 1.29 is 28.6 Å². The van der Waals surface area contributed by atoms with Crippen molar-refractivity contribution in [2.75, 3.05) is 13.2 Å². The van der Waals surface area contributed by atoms with Crippen LogP contribution in [0.3, 0.4) is 0 Å². The van der Waals surface area contributed by atoms with Crippen LogP contribution in [0.15, 0.2) is 134 Å². The number of hydrogen-bond acceptors (Lipinski definition) is 6. The van der Waals surface area contributed by atoms with Crippen molar-refractivity contribution in [2.24, 2.45) is 0 Å². The molecule has 0 aliphatic heterocycles. The van der Waals surface area contributed by atoms with E-state index in [1.807, 2.05) is 12.2 Å². The molecular formula is C64H102O6. The van der Waals surface area contributed by atoms with E-state index in [1.54, 1.807) is 0 Å². The summed E-state index contributed by atoms with van der Waals surface area (Å²) in [4.78, 5) is 38.1. The number of esters is 3. The molecule has 0 radical (unpaired) electrons. The monoisotopic (exact) mass is 967 g/mol. The maximum Gasteiger partial charge on any atom is 0.306 e. The van der Waals surface area contributed by atoms with Crippen molar-refractivity contribution in [3.63, 3.8) is 0 Å². The Morgan fingerprint density at radius 2 is 0.629 bits per heavy atom. The van der Waals surface area contributed by atoms with Gasteiger partial charge in [-0.05, 0) is 116 Å². The third-order valence-electron chi connectivity index (χ3n) is 11.4. The second-order valence-corrected chi connectivity index (χ2v) is 18.1. The molecule has 0 spiro atoms. The van der Waals surface area contributed by atoms with Gasteiger partial charge in [-0.1, -0.05) is 231 Å². The summed E-state index contributed by atoms with van der Waals surface area (Å²) in [6, 6.07) is 0. The minimum Gasteiger partial charge on any atom is -0.462 e. The first-order chi connectivity index (χ1) is 34.5. The summed E-state index contributed by atoms with van der Waals surface area (Å²) in [5.74, 6) is -1.03. The highest BCUT2D eigenvalue weighted by molar-refractivity contribution is 5.71. The number of rotatable bonds is 49. The number of carbonyl (C=O) groups excluding carboxylic acids is 3. The molecule has 0 saturated carbocycles. The van der Waals surface area contributed by atoms with Gasteiger partial charge in [0.1, 0.15) is 13.2 Å². The van der Waals surface area contributed by atoms with Gasteiger partial charge < -0.3 is 14.2 Å². The van der Waals surface area contributed by atoms with Gasteiger partial charge in [0, 0.05) is 19.3 Å². The summed E-state index contributed by atoms with van der Waals surface area (Å²) in [6.07, 6.45) is 80.2. The van der Waals surface area contributed by atoms with E-state index < -0.39 is 6.10 Å². The lowest BCUT2D eigenvalue weighted by Crippen LogP contribution is -2.30. The summed E-state index contributed by atoms with van der Waals surface area (Å²) in [5.41, 5.74) is 0. The zero-order valence-electron chi connectivity index (χ0n) is 45.0. The lowest BCUT2D eigenvalue weighted by atomic mass is 10.1. The zero-order valence-corrected chi connectivity index (χ0v) is 45.0. The lowest BCUT2D eigenvalue weighted by molar-refractivity contribution is -0.166. The maximum absolute atomic E-state index is 12.9. The molecule has 0 heterocycles. The first kappa shape index (κ1) is 65.5. The predicted molar refractivity (Wildman–Crippen MR) is 302 cm³/mol. The third kappa shape index (κ3) is 54.5. The summed E-state index contributed by atoms with van der Waals surface area (Å²) in [7, 11) is 0. The van der Waals surface area contributed by atoms with Gasteiger partial charge in [0.25, 0.3) is 0 Å². The molecule has 1 unspecified atom stereocenters. The fourth-order valence-corrected chi connectivity index (χ4v) is 7.24. The molecule has 70 heavy (non-hydrogen) atoms. The third-order valence-corrected chi connectivity index (χ3v) is 11.4. The van der Waals surface area contributed by atoms with Crippen LogP contribution in [-0.4, -0.2) is 37.2 Å². The average Bonchev–Trinajstić information content (AvgIpc) is 3.36. The molecule has 0 fully saturated rings. The smallest absolute Gasteiger partial charge is 0.306 e. The summed E-state index contributed by atoms with van der Waals surface area (Å²) in [5, 5.41) is 0. The molecule has 0 aromatic rings. The van der Waals surface area contributed by atoms with Crippen LogP contribution in [0.25, 0.3) is 0 Å². The maximum atomic E-state index is 12.9. The normalized spacial score (nSPS) is 13.1. The van der Waals surface area contributed by atoms with Crippen LogP contribution in [0.1, 0.15) is 233 Å². The molecule has 0 rings (SSSR count). The minimum atomic E-state index is -0.825. The highest BCUT2D eigenvalue weighted by atomic mass is 16.6. The summed E-state index contributed by atoms with van der Waals surface area (Å²) in [6.45, 7) is 6.29. The van der Waals surface area contributed by atoms with Crippen molar-refractivity contribution >= 4 is 17.9 Å². The topological polar surface area (TPSA) is 78.9 Å². The van der Waals surface area contributed by atoms with E-state index in [-0.39, 0.29) is 37.5 Å². The molecule has 1 atom stereocenters. The molecule has 0 aromatic heterocycles. The van der Waals surface area contributed by atoms with Gasteiger partial charge in [0.2, 0.25) is 0 Å². The van der Waals surface area contributed by atoms with E-state index in [9.17, 15) is 14.4 Å². The van der Waals surface area contributed by atoms with Gasteiger partial charge in [0.05, 0.1) is 0 Å². The first-order valence-corrected chi connectivity index (χ1v) is 28.2. The molecule has 394 valence electrons. The Morgan fingerprint density at radius 1 is 0.314 bits per heavy atom. The van der Waals surface area contributed by atoms with Gasteiger partial charge in [-0.2, -0.15) is 0 Å². The Hall–Kier alpha value is -4.45. The van der Waals surface area contributed by atoms with Crippen LogP contribution in [0.4, 0.5) is 0 Å². The van der Waals surface area contributed by atoms with E-state index in [0.717, 1.165) is 109 Å². The first-order valence-electron chi connectivity index (χ1n) is 28.2. The Labute approximate surface area is 430 Å². The molecule has 0 aromatic carbocycles. The molecule has 0 saturated heterocycles. The van der Waals surface area contributed by atoms with Crippen LogP contribution in [-0.2, 0) is 28.6 Å². The van der Waals surface area contributed by atoms with Crippen molar-refractivity contribution in [1.29, 1.82) is 0 Å². The molecular weight excluding hydrogens is 865 g/mol. The zero-order chi connectivity index (χ0) is 50.7. The number of unbranched alkanes of at least 4 members (excludes halogenated alkanes) is 17. The second kappa shape index (κ2) is 57.1. The molecule has 6 heteroatoms. The Bertz CT molecular complexity index is 1530. The molecule has 0 aliphatic carbocycles. The van der Waals surface area contributed by atoms with Crippen LogP contribution in [0, 0.1) is 0 Å². The number of carbonyl (C=O) groups is 3. The largest absolute Gasteiger partial charge is 0.462 e. The van der Waals surface area contributed by atoms with Gasteiger partial charge >= 0.3 is 17.9 Å². The van der Waals surface area contributed by atoms with Gasteiger partial charge in [0.15, 0.2) is 6.10 Å². The second-order valence-electron chi connectivity index (χ2n) is 18.1. The number of ether oxygens (including phenoxy) is 3. The average molecular weight is 968 g/mol. The van der Waals surface area contributed by atoms with Crippen LogP contribution in [0.5, 0.6) is 0 Å². The van der Waals surface area contributed by atoms with E-state index in [4.69, 9.17) is 14.2 Å². The van der Waals surface area contributed by atoms with E-state index in [1.165, 1.54) is 77.0 Å². The fraction of sp³-hybridized carbons (Fsp3) is 0.609. The van der Waals surface area contributed by atoms with Crippen molar-refractivity contribution in [2.45, 2.75) is 239 Å². The van der Waals surface area contributed by atoms with Crippen molar-refractivity contribution in [3.05, 3.63) is 134 Å². The summed E-state index contributed by atoms with van der Waals surface area (Å²) >= 11 is 0. The van der Waals surface area contributed by atoms with Crippen LogP contribution < -0.4 is 0 Å². The number of hydrogen-bond donors (Lipinski definition) is 0. The minimum absolute atomic E-state index is 0.119. The lowest BCUT2D eigenvalue weighted by Gasteiger charge is -2.18. The quantitative estimate of drug-likeness (QED) is 0.0199. The fourth-order valence-electron chi connectivity index (χ4n) is 7.24.